The Balaban J connectivity index is 2.28. The van der Waals surface area contributed by atoms with Crippen LogP contribution in [0.15, 0.2) is 17.3 Å². The highest BCUT2D eigenvalue weighted by Gasteiger charge is 2.33. The maximum Gasteiger partial charge on any atom is 0.246 e. The molecule has 1 heterocycles. The summed E-state index contributed by atoms with van der Waals surface area (Å²) in [6.45, 7) is -0.00210. The summed E-state index contributed by atoms with van der Waals surface area (Å²) in [6, 6.07) is 0.0161. The van der Waals surface area contributed by atoms with Gasteiger partial charge in [0.2, 0.25) is 10.0 Å². The molecule has 6 nitrogen and oxygen atoms in total. The Labute approximate surface area is 107 Å². The van der Waals surface area contributed by atoms with Crippen LogP contribution < -0.4 is 0 Å². The molecule has 2 rings (SSSR count). The van der Waals surface area contributed by atoms with E-state index in [1.54, 1.807) is 7.05 Å². The van der Waals surface area contributed by atoms with Crippen LogP contribution in [-0.4, -0.2) is 46.8 Å². The molecule has 0 unspecified atom stereocenters. The summed E-state index contributed by atoms with van der Waals surface area (Å²) < 4.78 is 27.9. The monoisotopic (exact) mass is 273 g/mol. The van der Waals surface area contributed by atoms with Gasteiger partial charge in [0.05, 0.1) is 12.8 Å². The number of hydrogen-bond donors (Lipinski definition) is 1. The van der Waals surface area contributed by atoms with Gasteiger partial charge in [-0.2, -0.15) is 9.40 Å². The first kappa shape index (κ1) is 13.5. The molecule has 1 aromatic heterocycles. The molecule has 1 aromatic rings. The third-order valence-corrected chi connectivity index (χ3v) is 5.24. The van der Waals surface area contributed by atoms with Gasteiger partial charge in [-0.1, -0.05) is 12.8 Å². The summed E-state index contributed by atoms with van der Waals surface area (Å²) in [7, 11) is -1.85. The van der Waals surface area contributed by atoms with Crippen LogP contribution in [0, 0.1) is 0 Å². The zero-order chi connectivity index (χ0) is 13.2. The van der Waals surface area contributed by atoms with Crippen LogP contribution in [0.1, 0.15) is 25.7 Å². The van der Waals surface area contributed by atoms with E-state index in [4.69, 9.17) is 5.11 Å². The predicted molar refractivity (Wildman–Crippen MR) is 66.4 cm³/mol. The minimum Gasteiger partial charge on any atom is -0.395 e. The molecule has 0 amide bonds. The zero-order valence-electron chi connectivity index (χ0n) is 10.5. The van der Waals surface area contributed by atoms with Crippen molar-refractivity contribution in [2.45, 2.75) is 36.6 Å². The van der Waals surface area contributed by atoms with Crippen molar-refractivity contribution >= 4 is 10.0 Å². The quantitative estimate of drug-likeness (QED) is 0.839. The molecule has 1 aliphatic rings. The average molecular weight is 273 g/mol. The minimum absolute atomic E-state index is 0.0161. The highest BCUT2D eigenvalue weighted by molar-refractivity contribution is 7.89. The first-order valence-corrected chi connectivity index (χ1v) is 7.61. The van der Waals surface area contributed by atoms with E-state index in [0.29, 0.717) is 0 Å². The Kier molecular flexibility index (Phi) is 4.04. The van der Waals surface area contributed by atoms with Crippen LogP contribution in [0.25, 0.3) is 0 Å². The van der Waals surface area contributed by atoms with Gasteiger partial charge in [-0.15, -0.1) is 0 Å². The Morgan fingerprint density at radius 3 is 2.67 bits per heavy atom. The second kappa shape index (κ2) is 5.38. The van der Waals surface area contributed by atoms with Crippen molar-refractivity contribution in [1.82, 2.24) is 14.1 Å². The molecule has 0 bridgehead atoms. The first-order chi connectivity index (χ1) is 8.55. The van der Waals surface area contributed by atoms with E-state index >= 15 is 0 Å². The lowest BCUT2D eigenvalue weighted by atomic mass is 10.2. The first-order valence-electron chi connectivity index (χ1n) is 6.17. The molecule has 1 aliphatic carbocycles. The topological polar surface area (TPSA) is 75.4 Å². The highest BCUT2D eigenvalue weighted by atomic mass is 32.2. The number of aromatic nitrogens is 2. The maximum atomic E-state index is 12.5. The summed E-state index contributed by atoms with van der Waals surface area (Å²) in [4.78, 5) is 0.199. The van der Waals surface area contributed by atoms with Crippen molar-refractivity contribution in [3.63, 3.8) is 0 Å². The number of hydrogen-bond acceptors (Lipinski definition) is 4. The molecule has 0 spiro atoms. The Morgan fingerprint density at radius 1 is 1.50 bits per heavy atom. The van der Waals surface area contributed by atoms with Crippen LogP contribution in [-0.2, 0) is 17.1 Å². The summed E-state index contributed by atoms with van der Waals surface area (Å²) in [5.41, 5.74) is 0. The van der Waals surface area contributed by atoms with Gasteiger partial charge < -0.3 is 5.11 Å². The van der Waals surface area contributed by atoms with Crippen molar-refractivity contribution in [3.8, 4) is 0 Å². The molecule has 0 radical (unpaired) electrons. The molecule has 0 saturated heterocycles. The van der Waals surface area contributed by atoms with E-state index in [0.717, 1.165) is 25.7 Å². The molecule has 18 heavy (non-hydrogen) atoms. The summed E-state index contributed by atoms with van der Waals surface area (Å²) in [5, 5.41) is 13.0. The van der Waals surface area contributed by atoms with Gasteiger partial charge in [-0.3, -0.25) is 4.68 Å². The largest absolute Gasteiger partial charge is 0.395 e. The molecule has 7 heteroatoms. The smallest absolute Gasteiger partial charge is 0.246 e. The fourth-order valence-corrected chi connectivity index (χ4v) is 4.12. The zero-order valence-corrected chi connectivity index (χ0v) is 11.3. The Bertz CT molecular complexity index is 491. The Hall–Kier alpha value is -0.920. The molecular weight excluding hydrogens is 254 g/mol. The second-order valence-electron chi connectivity index (χ2n) is 4.63. The van der Waals surface area contributed by atoms with Gasteiger partial charge in [0.25, 0.3) is 0 Å². The predicted octanol–water partition coefficient (Wildman–Crippen LogP) is 0.346. The molecule has 0 aliphatic heterocycles. The molecule has 0 aromatic carbocycles. The minimum atomic E-state index is -3.54. The molecular formula is C11H19N3O3S. The van der Waals surface area contributed by atoms with Gasteiger partial charge in [0.1, 0.15) is 4.90 Å². The van der Waals surface area contributed by atoms with E-state index in [1.807, 2.05) is 0 Å². The van der Waals surface area contributed by atoms with Gasteiger partial charge in [0.15, 0.2) is 0 Å². The van der Waals surface area contributed by atoms with Crippen molar-refractivity contribution in [1.29, 1.82) is 0 Å². The normalized spacial score (nSPS) is 17.7. The standard InChI is InChI=1S/C11H19N3O3S/c1-13-9-11(8-12-13)18(16,17)14(6-7-15)10-4-2-3-5-10/h8-10,15H,2-7H2,1H3. The third-order valence-electron chi connectivity index (χ3n) is 3.34. The summed E-state index contributed by atoms with van der Waals surface area (Å²) in [5.74, 6) is 0. The molecule has 0 atom stereocenters. The van der Waals surface area contributed by atoms with E-state index < -0.39 is 10.0 Å². The van der Waals surface area contributed by atoms with Crippen LogP contribution in [0.5, 0.6) is 0 Å². The van der Waals surface area contributed by atoms with Crippen molar-refractivity contribution in [2.24, 2.45) is 7.05 Å². The fourth-order valence-electron chi connectivity index (χ4n) is 2.46. The number of nitrogens with zero attached hydrogens (tertiary/aromatic N) is 3. The lowest BCUT2D eigenvalue weighted by molar-refractivity contribution is 0.226. The van der Waals surface area contributed by atoms with Crippen molar-refractivity contribution < 1.29 is 13.5 Å². The SMILES string of the molecule is Cn1cc(S(=O)(=O)N(CCO)C2CCCC2)cn1. The van der Waals surface area contributed by atoms with E-state index in [-0.39, 0.29) is 24.1 Å². The van der Waals surface area contributed by atoms with Crippen molar-refractivity contribution in [3.05, 3.63) is 12.4 Å². The van der Waals surface area contributed by atoms with E-state index in [9.17, 15) is 8.42 Å². The Morgan fingerprint density at radius 2 is 2.17 bits per heavy atom. The second-order valence-corrected chi connectivity index (χ2v) is 6.52. The van der Waals surface area contributed by atoms with Crippen LogP contribution >= 0.6 is 0 Å². The van der Waals surface area contributed by atoms with Crippen molar-refractivity contribution in [2.75, 3.05) is 13.2 Å². The maximum absolute atomic E-state index is 12.5. The number of rotatable bonds is 5. The highest BCUT2D eigenvalue weighted by Crippen LogP contribution is 2.28. The van der Waals surface area contributed by atoms with Crippen LogP contribution in [0.3, 0.4) is 0 Å². The number of sulfonamides is 1. The average Bonchev–Trinajstić information content (AvgIpc) is 2.96. The number of aliphatic hydroxyl groups is 1. The van der Waals surface area contributed by atoms with Crippen LogP contribution in [0.2, 0.25) is 0 Å². The lowest BCUT2D eigenvalue weighted by Gasteiger charge is -2.26. The molecule has 1 N–H and O–H groups in total. The summed E-state index contributed by atoms with van der Waals surface area (Å²) in [6.07, 6.45) is 6.70. The lowest BCUT2D eigenvalue weighted by Crippen LogP contribution is -2.40. The van der Waals surface area contributed by atoms with Crippen LogP contribution in [0.4, 0.5) is 0 Å². The van der Waals surface area contributed by atoms with E-state index in [2.05, 4.69) is 5.10 Å². The third kappa shape index (κ3) is 2.57. The number of aryl methyl sites for hydroxylation is 1. The van der Waals surface area contributed by atoms with Gasteiger partial charge in [-0.05, 0) is 12.8 Å². The van der Waals surface area contributed by atoms with Gasteiger partial charge >= 0.3 is 0 Å². The molecule has 102 valence electrons. The molecule has 1 saturated carbocycles. The summed E-state index contributed by atoms with van der Waals surface area (Å²) >= 11 is 0. The van der Waals surface area contributed by atoms with Gasteiger partial charge in [0, 0.05) is 25.8 Å². The van der Waals surface area contributed by atoms with Gasteiger partial charge in [-0.25, -0.2) is 8.42 Å². The van der Waals surface area contributed by atoms with E-state index in [1.165, 1.54) is 21.4 Å². The fraction of sp³-hybridized carbons (Fsp3) is 0.727. The number of aliphatic hydroxyl groups excluding tert-OH is 1. The molecule has 1 fully saturated rings.